The van der Waals surface area contributed by atoms with Gasteiger partial charge in [0.15, 0.2) is 6.54 Å². The Kier molecular flexibility index (Phi) is 14.9. The molecule has 0 amide bonds. The summed E-state index contributed by atoms with van der Waals surface area (Å²) in [5.74, 6) is 1.62. The number of nitrogens with zero attached hydrogens (tertiary/aromatic N) is 8. The van der Waals surface area contributed by atoms with Crippen molar-refractivity contribution >= 4 is 49.1 Å². The van der Waals surface area contributed by atoms with E-state index < -0.39 is 12.2 Å². The number of aliphatic hydroxyl groups excluding tert-OH is 2. The van der Waals surface area contributed by atoms with Gasteiger partial charge in [0.05, 0.1) is 28.8 Å². The van der Waals surface area contributed by atoms with Crippen LogP contribution >= 0.6 is 0 Å². The van der Waals surface area contributed by atoms with Crippen LogP contribution in [0.5, 0.6) is 0 Å². The van der Waals surface area contributed by atoms with Gasteiger partial charge >= 0.3 is 0 Å². The second-order valence-electron chi connectivity index (χ2n) is 14.8. The molecule has 5 heterocycles. The van der Waals surface area contributed by atoms with Crippen molar-refractivity contribution in [3.8, 4) is 11.3 Å². The van der Waals surface area contributed by atoms with Gasteiger partial charge in [0.1, 0.15) is 28.7 Å². The standard InChI is InChI=1S/C19H13N2.C14H12N2.C12H15N4O3.C6H5.Ir/c1-13-20-18-12-16-10-6-5-9-15(16)11-17(18)19(21-13)14-7-3-2-4-8-14;1-9-13-7-11-5-3-4-6-12(11)8-14(13)16-10(2)15-9;17-7-11-10(18)5-12(19-11)16-6-9(14-15-16)8-3-1-2-4-13-8;1-2-4-6-5-3-1;/h2-7,9-12H,1H3;3-8H,1-2H3;1-4,10-12,17-18H,5-7H2;1-5H;/q-1;;+1;-1;/t;;10-,11-,12-;;/m..1../s1. The summed E-state index contributed by atoms with van der Waals surface area (Å²) < 4.78 is 7.20. The van der Waals surface area contributed by atoms with E-state index in [2.05, 4.69) is 114 Å². The van der Waals surface area contributed by atoms with Gasteiger partial charge in [-0.1, -0.05) is 60.7 Å². The first-order chi connectivity index (χ1) is 30.3. The third-order valence-corrected chi connectivity index (χ3v) is 10.4. The number of hydrogen-bond donors (Lipinski definition) is 2. The minimum absolute atomic E-state index is 0. The van der Waals surface area contributed by atoms with E-state index in [9.17, 15) is 5.11 Å². The maximum absolute atomic E-state index is 9.70. The zero-order valence-corrected chi connectivity index (χ0v) is 37.4. The molecule has 0 spiro atoms. The first-order valence-corrected chi connectivity index (χ1v) is 20.4. The molecule has 0 bridgehead atoms. The van der Waals surface area contributed by atoms with E-state index in [1.807, 2.05) is 99.6 Å². The normalized spacial score (nSPS) is 16.4. The molecule has 317 valence electrons. The zero-order valence-electron chi connectivity index (χ0n) is 35.0. The maximum atomic E-state index is 9.70. The molecule has 63 heavy (non-hydrogen) atoms. The minimum Gasteiger partial charge on any atom is -0.394 e. The van der Waals surface area contributed by atoms with Crippen molar-refractivity contribution in [2.45, 2.75) is 45.6 Å². The molecule has 3 atom stereocenters. The van der Waals surface area contributed by atoms with Gasteiger partial charge in [-0.05, 0) is 83.7 Å². The number of aryl methyl sites for hydroxylation is 3. The van der Waals surface area contributed by atoms with Gasteiger partial charge in [-0.3, -0.25) is 9.97 Å². The molecule has 6 aromatic carbocycles. The van der Waals surface area contributed by atoms with Gasteiger partial charge in [0, 0.05) is 43.8 Å². The molecule has 0 aliphatic carbocycles. The molecule has 2 aliphatic heterocycles. The Balaban J connectivity index is 0.000000133. The molecule has 1 radical (unpaired) electrons. The number of aliphatic hydroxyl groups is 2. The van der Waals surface area contributed by atoms with E-state index in [1.165, 1.54) is 21.5 Å². The van der Waals surface area contributed by atoms with Gasteiger partial charge in [0.2, 0.25) is 11.9 Å². The zero-order chi connectivity index (χ0) is 42.8. The van der Waals surface area contributed by atoms with E-state index in [0.29, 0.717) is 13.0 Å². The number of rotatable bonds is 4. The molecular weight excluding hydrogens is 965 g/mol. The molecule has 11 rings (SSSR count). The fraction of sp³-hybridized carbons (Fsp3) is 0.176. The van der Waals surface area contributed by atoms with E-state index >= 15 is 0 Å². The first kappa shape index (κ1) is 44.5. The molecule has 2 aliphatic rings. The summed E-state index contributed by atoms with van der Waals surface area (Å²) in [6.45, 7) is 6.19. The number of pyridine rings is 1. The fourth-order valence-electron chi connectivity index (χ4n) is 7.35. The molecular formula is C51H45IrN8O3-. The quantitative estimate of drug-likeness (QED) is 0.101. The molecule has 2 N–H and O–H groups in total. The van der Waals surface area contributed by atoms with Crippen LogP contribution in [0.25, 0.3) is 54.6 Å². The Morgan fingerprint density at radius 1 is 0.683 bits per heavy atom. The van der Waals surface area contributed by atoms with E-state index in [1.54, 1.807) is 10.9 Å². The number of ether oxygens (including phenoxy) is 1. The van der Waals surface area contributed by atoms with Crippen LogP contribution in [-0.4, -0.2) is 77.1 Å². The van der Waals surface area contributed by atoms with Crippen LogP contribution in [0.2, 0.25) is 0 Å². The molecule has 1 fully saturated rings. The summed E-state index contributed by atoms with van der Waals surface area (Å²) in [5.41, 5.74) is 6.56. The van der Waals surface area contributed by atoms with Crippen LogP contribution in [0.3, 0.4) is 0 Å². The molecule has 1 saturated heterocycles. The van der Waals surface area contributed by atoms with Crippen molar-refractivity contribution in [1.29, 1.82) is 0 Å². The van der Waals surface area contributed by atoms with Crippen molar-refractivity contribution in [2.75, 3.05) is 13.2 Å². The number of hydrogen-bond acceptors (Lipinski definition) is 10. The van der Waals surface area contributed by atoms with Crippen LogP contribution in [0, 0.1) is 32.9 Å². The maximum Gasteiger partial charge on any atom is 0.249 e. The second-order valence-corrected chi connectivity index (χ2v) is 14.8. The van der Waals surface area contributed by atoms with Crippen molar-refractivity contribution in [2.24, 2.45) is 10.3 Å². The Labute approximate surface area is 379 Å². The Morgan fingerprint density at radius 2 is 1.29 bits per heavy atom. The third kappa shape index (κ3) is 10.9. The van der Waals surface area contributed by atoms with Gasteiger partial charge in [-0.15, -0.1) is 40.6 Å². The third-order valence-electron chi connectivity index (χ3n) is 10.4. The largest absolute Gasteiger partial charge is 0.394 e. The van der Waals surface area contributed by atoms with Crippen molar-refractivity contribution < 1.29 is 39.8 Å². The molecule has 12 heteroatoms. The van der Waals surface area contributed by atoms with Crippen molar-refractivity contribution in [3.05, 3.63) is 187 Å². The van der Waals surface area contributed by atoms with Crippen LogP contribution < -0.4 is 0 Å². The smallest absolute Gasteiger partial charge is 0.249 e. The topological polar surface area (TPSA) is 142 Å². The molecule has 0 saturated carbocycles. The summed E-state index contributed by atoms with van der Waals surface area (Å²) in [6.07, 6.45) is 0.568. The predicted octanol–water partition coefficient (Wildman–Crippen LogP) is 9.17. The summed E-state index contributed by atoms with van der Waals surface area (Å²) in [4.78, 5) is 22.3. The Morgan fingerprint density at radius 3 is 1.86 bits per heavy atom. The molecule has 9 aromatic rings. The van der Waals surface area contributed by atoms with Crippen molar-refractivity contribution in [3.63, 3.8) is 0 Å². The van der Waals surface area contributed by atoms with Crippen molar-refractivity contribution in [1.82, 2.24) is 24.9 Å². The average Bonchev–Trinajstić information content (AvgIpc) is 3.96. The molecule has 0 unspecified atom stereocenters. The SMILES string of the molecule is Cc1nc(-c2[c-]cccc2)c2cc3ccccc3cc2n1.Cc1nc(C)c2cc3ccccc3cc2n1.OC[C@H]1O[C@@H]([N+]2=NN=C(c3ccccn3)C2)C[C@H]1O.[Ir].[c-]1ccccc1. The summed E-state index contributed by atoms with van der Waals surface area (Å²) in [7, 11) is 0. The second kappa shape index (κ2) is 21.0. The molecule has 11 nitrogen and oxygen atoms in total. The number of aromatic nitrogens is 5. The Bertz CT molecular complexity index is 2980. The number of fused-ring (bicyclic) bond motifs is 4. The predicted molar refractivity (Wildman–Crippen MR) is 243 cm³/mol. The average molecular weight is 1010 g/mol. The fourth-order valence-corrected chi connectivity index (χ4v) is 7.35. The van der Waals surface area contributed by atoms with Gasteiger partial charge < -0.3 is 14.9 Å². The van der Waals surface area contributed by atoms with Gasteiger partial charge in [-0.25, -0.2) is 15.0 Å². The Hall–Kier alpha value is -6.53. The van der Waals surface area contributed by atoms with E-state index in [-0.39, 0.29) is 32.9 Å². The number of benzene rings is 6. The van der Waals surface area contributed by atoms with Crippen LogP contribution in [0.1, 0.15) is 29.5 Å². The van der Waals surface area contributed by atoms with Crippen LogP contribution in [0.4, 0.5) is 0 Å². The van der Waals surface area contributed by atoms with Gasteiger partial charge in [0.25, 0.3) is 0 Å². The minimum atomic E-state index is -0.663. The monoisotopic (exact) mass is 1010 g/mol. The van der Waals surface area contributed by atoms with Crippen LogP contribution in [0.15, 0.2) is 162 Å². The summed E-state index contributed by atoms with van der Waals surface area (Å²) in [6, 6.07) is 54.6. The molecule has 3 aromatic heterocycles. The summed E-state index contributed by atoms with van der Waals surface area (Å²) in [5, 5.41) is 34.0. The van der Waals surface area contributed by atoms with E-state index in [0.717, 1.165) is 61.8 Å². The summed E-state index contributed by atoms with van der Waals surface area (Å²) >= 11 is 0. The van der Waals surface area contributed by atoms with Crippen LogP contribution in [-0.2, 0) is 24.8 Å². The van der Waals surface area contributed by atoms with E-state index in [4.69, 9.17) is 9.84 Å². The van der Waals surface area contributed by atoms with Gasteiger partial charge in [-0.2, -0.15) is 36.4 Å². The first-order valence-electron chi connectivity index (χ1n) is 20.4.